The van der Waals surface area contributed by atoms with Gasteiger partial charge in [-0.25, -0.2) is 9.97 Å². The molecular formula is C26H33N7O3. The minimum absolute atomic E-state index is 0.0126. The maximum atomic E-state index is 12.9. The highest BCUT2D eigenvalue weighted by molar-refractivity contribution is 5.97. The van der Waals surface area contributed by atoms with Crippen molar-refractivity contribution in [2.24, 2.45) is 0 Å². The molecule has 0 radical (unpaired) electrons. The topological polar surface area (TPSA) is 97.6 Å². The lowest BCUT2D eigenvalue weighted by molar-refractivity contribution is -0.169. The number of nitrogens with zero attached hydrogens (tertiary/aromatic N) is 6. The average molecular weight is 492 g/mol. The zero-order valence-corrected chi connectivity index (χ0v) is 20.9. The second-order valence-electron chi connectivity index (χ2n) is 10.1. The van der Waals surface area contributed by atoms with Gasteiger partial charge in [-0.1, -0.05) is 12.8 Å². The van der Waals surface area contributed by atoms with Gasteiger partial charge in [0.15, 0.2) is 5.79 Å². The van der Waals surface area contributed by atoms with Gasteiger partial charge >= 0.3 is 0 Å². The SMILES string of the molecule is CN(C)C(=O)c1cc2cnc(Nc3ccc(N4CCC5(CC4)OCCO5)cn3)nc2n1C1CCCC1. The summed E-state index contributed by atoms with van der Waals surface area (Å²) in [6, 6.07) is 6.21. The van der Waals surface area contributed by atoms with Crippen LogP contribution in [-0.4, -0.2) is 76.5 Å². The molecule has 10 nitrogen and oxygen atoms in total. The van der Waals surface area contributed by atoms with Crippen LogP contribution in [0, 0.1) is 0 Å². The first-order chi connectivity index (χ1) is 17.5. The minimum atomic E-state index is -0.380. The number of ether oxygens (including phenoxy) is 2. The number of aromatic nitrogens is 4. The van der Waals surface area contributed by atoms with Crippen molar-refractivity contribution in [2.45, 2.75) is 50.4 Å². The number of anilines is 3. The number of carbonyl (C=O) groups excluding carboxylic acids is 1. The van der Waals surface area contributed by atoms with Crippen molar-refractivity contribution in [1.29, 1.82) is 0 Å². The molecule has 0 atom stereocenters. The number of hydrogen-bond donors (Lipinski definition) is 1. The van der Waals surface area contributed by atoms with Crippen LogP contribution in [0.4, 0.5) is 17.5 Å². The van der Waals surface area contributed by atoms with E-state index in [1.807, 2.05) is 18.3 Å². The fourth-order valence-corrected chi connectivity index (χ4v) is 5.65. The second-order valence-corrected chi connectivity index (χ2v) is 10.1. The lowest BCUT2D eigenvalue weighted by Gasteiger charge is -2.38. The van der Waals surface area contributed by atoms with Crippen molar-refractivity contribution < 1.29 is 14.3 Å². The maximum absolute atomic E-state index is 12.9. The zero-order chi connectivity index (χ0) is 24.7. The fourth-order valence-electron chi connectivity index (χ4n) is 5.65. The Hall–Kier alpha value is -3.24. The second kappa shape index (κ2) is 9.33. The molecule has 2 aliphatic heterocycles. The summed E-state index contributed by atoms with van der Waals surface area (Å²) in [6.45, 7) is 3.13. The number of carbonyl (C=O) groups is 1. The Bertz CT molecular complexity index is 1230. The Morgan fingerprint density at radius 1 is 1.08 bits per heavy atom. The lowest BCUT2D eigenvalue weighted by atomic mass is 10.0. The van der Waals surface area contributed by atoms with Crippen LogP contribution in [0.3, 0.4) is 0 Å². The summed E-state index contributed by atoms with van der Waals surface area (Å²) in [5.74, 6) is 0.757. The first-order valence-electron chi connectivity index (χ1n) is 12.9. The Labute approximate surface area is 210 Å². The van der Waals surface area contributed by atoms with Gasteiger partial charge in [0.05, 0.1) is 25.1 Å². The van der Waals surface area contributed by atoms with E-state index in [4.69, 9.17) is 14.5 Å². The van der Waals surface area contributed by atoms with Crippen LogP contribution in [0.2, 0.25) is 0 Å². The monoisotopic (exact) mass is 491 g/mol. The highest BCUT2D eigenvalue weighted by Crippen LogP contribution is 2.35. The number of piperidine rings is 1. The molecule has 190 valence electrons. The molecule has 0 bridgehead atoms. The van der Waals surface area contributed by atoms with Gasteiger partial charge in [0, 0.05) is 57.7 Å². The van der Waals surface area contributed by atoms with E-state index < -0.39 is 0 Å². The van der Waals surface area contributed by atoms with Crippen molar-refractivity contribution in [1.82, 2.24) is 24.4 Å². The van der Waals surface area contributed by atoms with Crippen LogP contribution in [0.15, 0.2) is 30.6 Å². The molecule has 1 spiro atoms. The van der Waals surface area contributed by atoms with Crippen molar-refractivity contribution in [3.8, 4) is 0 Å². The van der Waals surface area contributed by atoms with Gasteiger partial charge < -0.3 is 29.2 Å². The van der Waals surface area contributed by atoms with E-state index in [9.17, 15) is 4.79 Å². The van der Waals surface area contributed by atoms with Gasteiger partial charge in [-0.2, -0.15) is 4.98 Å². The highest BCUT2D eigenvalue weighted by atomic mass is 16.7. The average Bonchev–Trinajstić information content (AvgIpc) is 3.65. The van der Waals surface area contributed by atoms with Gasteiger partial charge in [-0.05, 0) is 31.0 Å². The van der Waals surface area contributed by atoms with E-state index in [1.165, 1.54) is 12.8 Å². The van der Waals surface area contributed by atoms with E-state index in [0.717, 1.165) is 55.5 Å². The van der Waals surface area contributed by atoms with Gasteiger partial charge in [0.1, 0.15) is 17.2 Å². The molecule has 3 aromatic heterocycles. The molecule has 10 heteroatoms. The van der Waals surface area contributed by atoms with Crippen molar-refractivity contribution in [2.75, 3.05) is 50.6 Å². The molecule has 6 rings (SSSR count). The standard InChI is InChI=1S/C26H33N7O3/c1-31(2)24(34)21-15-18-16-28-25(30-23(18)33(21)19-5-3-4-6-19)29-22-8-7-20(17-27-22)32-11-9-26(10-12-32)35-13-14-36-26/h7-8,15-17,19H,3-6,9-14H2,1-2H3,(H,27,28,29,30). The summed E-state index contributed by atoms with van der Waals surface area (Å²) in [6.07, 6.45) is 9.85. The summed E-state index contributed by atoms with van der Waals surface area (Å²) in [7, 11) is 3.57. The molecule has 0 aromatic carbocycles. The Morgan fingerprint density at radius 2 is 1.83 bits per heavy atom. The molecule has 1 saturated carbocycles. The van der Waals surface area contributed by atoms with E-state index >= 15 is 0 Å². The van der Waals surface area contributed by atoms with Gasteiger partial charge in [0.25, 0.3) is 5.91 Å². The van der Waals surface area contributed by atoms with Crippen LogP contribution in [-0.2, 0) is 9.47 Å². The normalized spacial score (nSPS) is 19.9. The first-order valence-corrected chi connectivity index (χ1v) is 12.9. The van der Waals surface area contributed by atoms with Crippen molar-refractivity contribution in [3.05, 3.63) is 36.3 Å². The first kappa shape index (κ1) is 23.2. The molecule has 2 saturated heterocycles. The maximum Gasteiger partial charge on any atom is 0.270 e. The number of nitrogens with one attached hydrogen (secondary N) is 1. The number of fused-ring (bicyclic) bond motifs is 1. The smallest absolute Gasteiger partial charge is 0.270 e. The fraction of sp³-hybridized carbons (Fsp3) is 0.538. The zero-order valence-electron chi connectivity index (χ0n) is 20.9. The van der Waals surface area contributed by atoms with Crippen LogP contribution >= 0.6 is 0 Å². The molecule has 36 heavy (non-hydrogen) atoms. The van der Waals surface area contributed by atoms with Crippen molar-refractivity contribution >= 4 is 34.4 Å². The van der Waals surface area contributed by atoms with E-state index in [2.05, 4.69) is 30.8 Å². The van der Waals surface area contributed by atoms with E-state index in [1.54, 1.807) is 25.2 Å². The quantitative estimate of drug-likeness (QED) is 0.577. The molecule has 3 fully saturated rings. The summed E-state index contributed by atoms with van der Waals surface area (Å²) in [4.78, 5) is 30.8. The predicted molar refractivity (Wildman–Crippen MR) is 137 cm³/mol. The van der Waals surface area contributed by atoms with Crippen LogP contribution < -0.4 is 10.2 Å². The molecular weight excluding hydrogens is 458 g/mol. The number of pyridine rings is 1. The Balaban J connectivity index is 1.21. The highest BCUT2D eigenvalue weighted by Gasteiger charge is 2.39. The molecule has 0 unspecified atom stereocenters. The third-order valence-corrected chi connectivity index (χ3v) is 7.58. The number of rotatable bonds is 5. The largest absolute Gasteiger partial charge is 0.370 e. The summed E-state index contributed by atoms with van der Waals surface area (Å²) >= 11 is 0. The molecule has 1 N–H and O–H groups in total. The Morgan fingerprint density at radius 3 is 2.50 bits per heavy atom. The summed E-state index contributed by atoms with van der Waals surface area (Å²) in [5.41, 5.74) is 2.54. The van der Waals surface area contributed by atoms with Gasteiger partial charge in [-0.15, -0.1) is 0 Å². The lowest BCUT2D eigenvalue weighted by Crippen LogP contribution is -2.45. The molecule has 1 aliphatic carbocycles. The van der Waals surface area contributed by atoms with Crippen LogP contribution in [0.5, 0.6) is 0 Å². The van der Waals surface area contributed by atoms with Gasteiger partial charge in [-0.3, -0.25) is 4.79 Å². The third-order valence-electron chi connectivity index (χ3n) is 7.58. The molecule has 3 aliphatic rings. The molecule has 5 heterocycles. The van der Waals surface area contributed by atoms with Crippen LogP contribution in [0.1, 0.15) is 55.1 Å². The van der Waals surface area contributed by atoms with Crippen molar-refractivity contribution in [3.63, 3.8) is 0 Å². The number of amides is 1. The van der Waals surface area contributed by atoms with E-state index in [0.29, 0.717) is 30.7 Å². The van der Waals surface area contributed by atoms with Crippen LogP contribution in [0.25, 0.3) is 11.0 Å². The minimum Gasteiger partial charge on any atom is -0.370 e. The van der Waals surface area contributed by atoms with Gasteiger partial charge in [0.2, 0.25) is 5.95 Å². The van der Waals surface area contributed by atoms with E-state index in [-0.39, 0.29) is 17.7 Å². The predicted octanol–water partition coefficient (Wildman–Crippen LogP) is 3.73. The number of hydrogen-bond acceptors (Lipinski definition) is 8. The Kier molecular flexibility index (Phi) is 6.00. The molecule has 3 aromatic rings. The molecule has 1 amide bonds. The summed E-state index contributed by atoms with van der Waals surface area (Å²) < 4.78 is 13.8. The summed E-state index contributed by atoms with van der Waals surface area (Å²) in [5, 5.41) is 4.12. The third kappa shape index (κ3) is 4.28.